The monoisotopic (exact) mass is 482 g/mol. The van der Waals surface area contributed by atoms with Gasteiger partial charge in [0, 0.05) is 49.5 Å². The van der Waals surface area contributed by atoms with Crippen LogP contribution in [0.5, 0.6) is 5.75 Å². The molecule has 0 unspecified atom stereocenters. The van der Waals surface area contributed by atoms with Gasteiger partial charge in [-0.05, 0) is 61.8 Å². The lowest BCUT2D eigenvalue weighted by Crippen LogP contribution is -2.25. The fourth-order valence-corrected chi connectivity index (χ4v) is 4.26. The fourth-order valence-electron chi connectivity index (χ4n) is 4.09. The van der Waals surface area contributed by atoms with Gasteiger partial charge >= 0.3 is 0 Å². The Morgan fingerprint density at radius 3 is 2.53 bits per heavy atom. The van der Waals surface area contributed by atoms with E-state index in [1.807, 2.05) is 0 Å². The molecule has 0 amide bonds. The zero-order valence-corrected chi connectivity index (χ0v) is 21.1. The molecule has 1 N–H and O–H groups in total. The van der Waals surface area contributed by atoms with Gasteiger partial charge in [-0.3, -0.25) is 9.69 Å². The van der Waals surface area contributed by atoms with Crippen molar-refractivity contribution in [2.75, 3.05) is 32.1 Å². The van der Waals surface area contributed by atoms with Gasteiger partial charge in [0.05, 0.1) is 5.69 Å². The quantitative estimate of drug-likeness (QED) is 0.349. The van der Waals surface area contributed by atoms with Crippen LogP contribution in [0.4, 0.5) is 5.69 Å². The Morgan fingerprint density at radius 2 is 1.76 bits per heavy atom. The lowest BCUT2D eigenvalue weighted by Gasteiger charge is -2.24. The highest BCUT2D eigenvalue weighted by Gasteiger charge is 2.10. The lowest BCUT2D eigenvalue weighted by atomic mass is 10.1. The van der Waals surface area contributed by atoms with Gasteiger partial charge in [0.1, 0.15) is 5.75 Å². The highest BCUT2D eigenvalue weighted by atomic mass is 35.5. The minimum absolute atomic E-state index is 0.0933. The average molecular weight is 483 g/mol. The minimum Gasteiger partial charge on any atom is -0.507 e. The average Bonchev–Trinajstić information content (AvgIpc) is 2.83. The molecule has 0 saturated heterocycles. The molecule has 1 heterocycles. The van der Waals surface area contributed by atoms with E-state index in [0.29, 0.717) is 22.8 Å². The number of phenolic OH excluding ortho intramolecular Hbond substituents is 1. The molecule has 0 aliphatic heterocycles. The molecule has 0 saturated carbocycles. The molecule has 182 valence electrons. The van der Waals surface area contributed by atoms with Crippen molar-refractivity contribution in [1.82, 2.24) is 14.7 Å². The van der Waals surface area contributed by atoms with Crippen LogP contribution in [0, 0.1) is 0 Å². The summed E-state index contributed by atoms with van der Waals surface area (Å²) in [5.74, 6) is 0.0933. The summed E-state index contributed by atoms with van der Waals surface area (Å²) in [7, 11) is 4.17. The van der Waals surface area contributed by atoms with Crippen molar-refractivity contribution in [3.05, 3.63) is 75.5 Å². The van der Waals surface area contributed by atoms with Crippen molar-refractivity contribution in [2.45, 2.75) is 45.7 Å². The van der Waals surface area contributed by atoms with Crippen LogP contribution < -0.4 is 10.5 Å². The second-order valence-electron chi connectivity index (χ2n) is 8.75. The number of aromatic nitrogens is 2. The number of phenols is 1. The largest absolute Gasteiger partial charge is 0.507 e. The van der Waals surface area contributed by atoms with Crippen molar-refractivity contribution >= 4 is 17.3 Å². The molecule has 3 aromatic rings. The first-order valence-corrected chi connectivity index (χ1v) is 12.3. The molecule has 0 bridgehead atoms. The number of anilines is 1. The molecule has 0 aliphatic rings. The molecule has 7 heteroatoms. The van der Waals surface area contributed by atoms with Crippen molar-refractivity contribution in [3.63, 3.8) is 0 Å². The Kier molecular flexibility index (Phi) is 9.54. The van der Waals surface area contributed by atoms with Gasteiger partial charge in [0.2, 0.25) is 0 Å². The zero-order chi connectivity index (χ0) is 24.5. The maximum absolute atomic E-state index is 12.3. The van der Waals surface area contributed by atoms with Crippen molar-refractivity contribution in [3.8, 4) is 17.0 Å². The normalized spacial score (nSPS) is 11.2. The standard InChI is InChI=1S/C27H35ClN4O2/c1-4-31(20-21-11-7-8-12-25(21)30(2)3)17-9-5-6-10-18-32-27(34)16-14-24(29-32)23-19-22(28)13-15-26(23)33/h7-8,11-16,19,33H,4-6,9-10,17-18,20H2,1-3H3. The van der Waals surface area contributed by atoms with Crippen molar-refractivity contribution in [2.24, 2.45) is 0 Å². The van der Waals surface area contributed by atoms with Crippen molar-refractivity contribution in [1.29, 1.82) is 0 Å². The van der Waals surface area contributed by atoms with Crippen LogP contribution in [-0.4, -0.2) is 47.0 Å². The molecule has 0 radical (unpaired) electrons. The molecule has 0 aliphatic carbocycles. The molecule has 6 nitrogen and oxygen atoms in total. The topological polar surface area (TPSA) is 61.6 Å². The predicted octanol–water partition coefficient (Wildman–Crippen LogP) is 5.42. The van der Waals surface area contributed by atoms with Gasteiger partial charge in [-0.25, -0.2) is 4.68 Å². The fraction of sp³-hybridized carbons (Fsp3) is 0.407. The number of aromatic hydroxyl groups is 1. The number of nitrogens with zero attached hydrogens (tertiary/aromatic N) is 4. The van der Waals surface area contributed by atoms with Gasteiger partial charge in [0.25, 0.3) is 5.56 Å². The maximum Gasteiger partial charge on any atom is 0.266 e. The van der Waals surface area contributed by atoms with E-state index in [4.69, 9.17) is 11.6 Å². The Bertz CT molecular complexity index is 1130. The zero-order valence-electron chi connectivity index (χ0n) is 20.4. The molecule has 3 rings (SSSR count). The summed E-state index contributed by atoms with van der Waals surface area (Å²) in [5, 5.41) is 15.1. The summed E-state index contributed by atoms with van der Waals surface area (Å²) in [5.41, 5.74) is 3.55. The molecule has 1 aromatic heterocycles. The lowest BCUT2D eigenvalue weighted by molar-refractivity contribution is 0.272. The summed E-state index contributed by atoms with van der Waals surface area (Å²) in [6.07, 6.45) is 4.14. The number of hydrogen-bond donors (Lipinski definition) is 1. The highest BCUT2D eigenvalue weighted by molar-refractivity contribution is 6.30. The Balaban J connectivity index is 1.48. The first-order valence-electron chi connectivity index (χ1n) is 11.9. The van der Waals surface area contributed by atoms with Crippen LogP contribution in [0.15, 0.2) is 59.4 Å². The third kappa shape index (κ3) is 7.08. The molecule has 0 fully saturated rings. The van der Waals surface area contributed by atoms with Crippen LogP contribution in [0.25, 0.3) is 11.3 Å². The first kappa shape index (κ1) is 25.8. The Labute approximate surface area is 207 Å². The number of benzene rings is 2. The van der Waals surface area contributed by atoms with Crippen LogP contribution in [0.2, 0.25) is 5.02 Å². The Morgan fingerprint density at radius 1 is 1.00 bits per heavy atom. The van der Waals surface area contributed by atoms with Gasteiger partial charge in [0.15, 0.2) is 0 Å². The summed E-state index contributed by atoms with van der Waals surface area (Å²) >= 11 is 6.06. The van der Waals surface area contributed by atoms with Crippen LogP contribution in [0.1, 0.15) is 38.2 Å². The second-order valence-corrected chi connectivity index (χ2v) is 9.18. The second kappa shape index (κ2) is 12.6. The summed E-state index contributed by atoms with van der Waals surface area (Å²) < 4.78 is 1.48. The Hall–Kier alpha value is -2.83. The summed E-state index contributed by atoms with van der Waals surface area (Å²) in [6, 6.07) is 16.5. The number of para-hydroxylation sites is 1. The van der Waals surface area contributed by atoms with E-state index in [1.165, 1.54) is 28.1 Å². The van der Waals surface area contributed by atoms with Crippen molar-refractivity contribution < 1.29 is 5.11 Å². The van der Waals surface area contributed by atoms with E-state index < -0.39 is 0 Å². The molecule has 34 heavy (non-hydrogen) atoms. The summed E-state index contributed by atoms with van der Waals surface area (Å²) in [6.45, 7) is 5.79. The SMILES string of the molecule is CCN(CCCCCCn1nc(-c2cc(Cl)ccc2O)ccc1=O)Cc1ccccc1N(C)C. The highest BCUT2D eigenvalue weighted by Crippen LogP contribution is 2.29. The van der Waals surface area contributed by atoms with Gasteiger partial charge in [-0.2, -0.15) is 5.10 Å². The van der Waals surface area contributed by atoms with Gasteiger partial charge in [-0.15, -0.1) is 0 Å². The van der Waals surface area contributed by atoms with E-state index in [2.05, 4.69) is 60.2 Å². The molecular weight excluding hydrogens is 448 g/mol. The molecule has 0 spiro atoms. The predicted molar refractivity (Wildman–Crippen MR) is 141 cm³/mol. The maximum atomic E-state index is 12.3. The number of hydrogen-bond acceptors (Lipinski definition) is 5. The number of rotatable bonds is 12. The molecule has 2 aromatic carbocycles. The first-order chi connectivity index (χ1) is 16.4. The number of halogens is 1. The van der Waals surface area contributed by atoms with Crippen LogP contribution in [-0.2, 0) is 13.1 Å². The molecule has 0 atom stereocenters. The minimum atomic E-state index is -0.137. The summed E-state index contributed by atoms with van der Waals surface area (Å²) in [4.78, 5) is 16.9. The molecular formula is C27H35ClN4O2. The smallest absolute Gasteiger partial charge is 0.266 e. The van der Waals surface area contributed by atoms with Crippen LogP contribution in [0.3, 0.4) is 0 Å². The van der Waals surface area contributed by atoms with E-state index in [-0.39, 0.29) is 11.3 Å². The van der Waals surface area contributed by atoms with E-state index in [1.54, 1.807) is 18.2 Å². The van der Waals surface area contributed by atoms with E-state index in [9.17, 15) is 9.90 Å². The van der Waals surface area contributed by atoms with E-state index in [0.717, 1.165) is 45.3 Å². The van der Waals surface area contributed by atoms with Gasteiger partial charge < -0.3 is 10.0 Å². The van der Waals surface area contributed by atoms with E-state index >= 15 is 0 Å². The van der Waals surface area contributed by atoms with Gasteiger partial charge in [-0.1, -0.05) is 49.6 Å². The third-order valence-electron chi connectivity index (χ3n) is 6.01. The number of aryl methyl sites for hydroxylation is 1. The van der Waals surface area contributed by atoms with Crippen LogP contribution >= 0.6 is 11.6 Å². The third-order valence-corrected chi connectivity index (χ3v) is 6.25. The number of unbranched alkanes of at least 4 members (excludes halogenated alkanes) is 3.